The molecule has 98 heavy (non-hydrogen) atoms. The summed E-state index contributed by atoms with van der Waals surface area (Å²) in [6.45, 7) is 8.75. The Bertz CT molecular complexity index is 5720. The van der Waals surface area contributed by atoms with Gasteiger partial charge in [0.1, 0.15) is 0 Å². The quantitative estimate of drug-likeness (QED) is 0.135. The van der Waals surface area contributed by atoms with Crippen molar-refractivity contribution in [1.29, 1.82) is 0 Å². The first-order valence-corrected chi connectivity index (χ1v) is 33.3. The lowest BCUT2D eigenvalue weighted by atomic mass is 9.95. The third kappa shape index (κ3) is 8.88. The zero-order valence-electron chi connectivity index (χ0n) is 54.2. The molecule has 0 saturated heterocycles. The number of para-hydroxylation sites is 4. The van der Waals surface area contributed by atoms with E-state index < -0.39 is 0 Å². The Hall–Kier alpha value is -12.9. The summed E-state index contributed by atoms with van der Waals surface area (Å²) in [5.74, 6) is 2.98. The van der Waals surface area contributed by atoms with Gasteiger partial charge in [0.05, 0.1) is 78.0 Å². The van der Waals surface area contributed by atoms with Crippen LogP contribution in [0.4, 0.5) is 0 Å². The van der Waals surface area contributed by atoms with E-state index in [1.807, 2.05) is 24.3 Å². The minimum absolute atomic E-state index is 0.451. The van der Waals surface area contributed by atoms with Gasteiger partial charge in [-0.25, -0.2) is 29.9 Å². The van der Waals surface area contributed by atoms with Crippen molar-refractivity contribution in [2.45, 2.75) is 27.7 Å². The first-order chi connectivity index (χ1) is 48.3. The van der Waals surface area contributed by atoms with Crippen molar-refractivity contribution in [1.82, 2.24) is 48.2 Å². The highest BCUT2D eigenvalue weighted by atomic mass is 15.2. The number of fused-ring (bicyclic) bond motifs is 12. The highest BCUT2D eigenvalue weighted by Gasteiger charge is 2.38. The number of benzene rings is 13. The zero-order valence-corrected chi connectivity index (χ0v) is 54.2. The summed E-state index contributed by atoms with van der Waals surface area (Å²) in [4.78, 5) is 35.0. The van der Waals surface area contributed by atoms with E-state index in [1.54, 1.807) is 0 Å². The Kier molecular flexibility index (Phi) is 12.9. The average molecular weight is 1260 g/mol. The minimum atomic E-state index is 0.451. The van der Waals surface area contributed by atoms with Crippen LogP contribution in [-0.4, -0.2) is 48.2 Å². The van der Waals surface area contributed by atoms with Crippen LogP contribution in [0.25, 0.3) is 178 Å². The van der Waals surface area contributed by atoms with Crippen LogP contribution < -0.4 is 0 Å². The van der Waals surface area contributed by atoms with Crippen molar-refractivity contribution in [2.24, 2.45) is 0 Å². The van der Waals surface area contributed by atoms with Crippen molar-refractivity contribution >= 4 is 87.2 Å². The number of rotatable bonds is 10. The van der Waals surface area contributed by atoms with Crippen molar-refractivity contribution in [3.05, 3.63) is 313 Å². The summed E-state index contributed by atoms with van der Waals surface area (Å²) < 4.78 is 10.00. The molecule has 0 fully saturated rings. The SMILES string of the molecule is Cc1ccc2c(c1)c1cc(C)ccc1n2-c1c(-c2nc(-c3ccccc3)nc(-c3ccccc3)n2)c(-n2c3ccccc3c3ccccc32)c(-n2c3ccc(C)cc3c3cc(C)ccc32)c(-c2nc(-c3ccccc3)nc(-c3ccccc3)n2)c1-n1c2ccccc2c2ccccc21. The molecule has 0 radical (unpaired) electrons. The Morgan fingerprint density at radius 2 is 0.378 bits per heavy atom. The van der Waals surface area contributed by atoms with E-state index in [-0.39, 0.29) is 0 Å². The van der Waals surface area contributed by atoms with E-state index in [0.29, 0.717) is 34.9 Å². The van der Waals surface area contributed by atoms with Gasteiger partial charge < -0.3 is 18.3 Å². The third-order valence-electron chi connectivity index (χ3n) is 19.4. The van der Waals surface area contributed by atoms with Gasteiger partial charge >= 0.3 is 0 Å². The second-order valence-electron chi connectivity index (χ2n) is 25.7. The molecule has 6 aromatic heterocycles. The second-order valence-corrected chi connectivity index (χ2v) is 25.7. The number of hydrogen-bond acceptors (Lipinski definition) is 6. The molecule has 0 bridgehead atoms. The minimum Gasteiger partial charge on any atom is -0.306 e. The van der Waals surface area contributed by atoms with Crippen LogP contribution >= 0.6 is 0 Å². The molecular weight excluding hydrogens is 1200 g/mol. The fourth-order valence-electron chi connectivity index (χ4n) is 15.1. The molecule has 0 N–H and O–H groups in total. The molecule has 0 aliphatic heterocycles. The topological polar surface area (TPSA) is 97.1 Å². The van der Waals surface area contributed by atoms with Gasteiger partial charge in [0, 0.05) is 65.3 Å². The molecule has 19 rings (SSSR count). The summed E-state index contributed by atoms with van der Waals surface area (Å²) in [5.41, 5.74) is 20.4. The lowest BCUT2D eigenvalue weighted by Gasteiger charge is -2.30. The van der Waals surface area contributed by atoms with Gasteiger partial charge in [0.2, 0.25) is 0 Å². The van der Waals surface area contributed by atoms with Gasteiger partial charge in [-0.05, 0) is 100 Å². The Morgan fingerprint density at radius 3 is 0.612 bits per heavy atom. The molecule has 0 saturated carbocycles. The molecule has 19 aromatic rings. The second kappa shape index (κ2) is 22.4. The van der Waals surface area contributed by atoms with Crippen molar-refractivity contribution in [3.8, 4) is 91.1 Å². The number of aryl methyl sites for hydroxylation is 4. The van der Waals surface area contributed by atoms with Crippen LogP contribution in [-0.2, 0) is 0 Å². The molecule has 0 spiro atoms. The number of aromatic nitrogens is 10. The molecule has 0 aliphatic rings. The molecule has 462 valence electrons. The van der Waals surface area contributed by atoms with Gasteiger partial charge in [-0.2, -0.15) is 0 Å². The van der Waals surface area contributed by atoms with E-state index in [2.05, 4.69) is 313 Å². The molecule has 10 nitrogen and oxygen atoms in total. The van der Waals surface area contributed by atoms with Gasteiger partial charge in [0.25, 0.3) is 0 Å². The fraction of sp³-hybridized carbons (Fsp3) is 0.0455. The maximum Gasteiger partial charge on any atom is 0.168 e. The lowest BCUT2D eigenvalue weighted by Crippen LogP contribution is -2.18. The van der Waals surface area contributed by atoms with Gasteiger partial charge in [-0.15, -0.1) is 0 Å². The molecule has 0 aliphatic carbocycles. The Morgan fingerprint density at radius 1 is 0.184 bits per heavy atom. The first-order valence-electron chi connectivity index (χ1n) is 33.3. The monoisotopic (exact) mass is 1260 g/mol. The molecule has 0 unspecified atom stereocenters. The molecule has 0 amide bonds. The summed E-state index contributed by atoms with van der Waals surface area (Å²) >= 11 is 0. The standard InChI is InChI=1S/C88H60N10/c1-53-41-45-73-65(49-53)66-50-54(2)42-46-74(66)97(73)81-77(87-91-83(57-25-9-5-10-26-57)89-84(92-87)58-27-11-6-12-28-58)80(96-71-39-23-19-35-63(71)64-36-20-24-40-72(64)96)82(98-75-47-43-55(3)51-67(75)68-52-56(4)44-48-76(68)98)78(79(81)95-69-37-21-17-33-61(69)62-34-18-22-38-70(62)95)88-93-85(59-29-13-7-14-30-59)90-86(94-88)60-31-15-8-16-32-60/h5-52H,1-4H3. The van der Waals surface area contributed by atoms with Crippen LogP contribution in [0.1, 0.15) is 22.3 Å². The van der Waals surface area contributed by atoms with Gasteiger partial charge in [0.15, 0.2) is 34.9 Å². The molecule has 10 heteroatoms. The van der Waals surface area contributed by atoms with E-state index in [1.165, 1.54) is 0 Å². The Labute approximate surface area is 564 Å². The average Bonchev–Trinajstić information content (AvgIpc) is 1.20. The van der Waals surface area contributed by atoms with Crippen molar-refractivity contribution in [3.63, 3.8) is 0 Å². The van der Waals surface area contributed by atoms with E-state index in [4.69, 9.17) is 29.9 Å². The van der Waals surface area contributed by atoms with Crippen molar-refractivity contribution < 1.29 is 0 Å². The van der Waals surface area contributed by atoms with Crippen molar-refractivity contribution in [2.75, 3.05) is 0 Å². The molecule has 13 aromatic carbocycles. The van der Waals surface area contributed by atoms with Gasteiger partial charge in [-0.1, -0.05) is 241 Å². The lowest BCUT2D eigenvalue weighted by molar-refractivity contribution is 1.01. The molecular formula is C88H60N10. The maximum absolute atomic E-state index is 6.01. The van der Waals surface area contributed by atoms with Crippen LogP contribution in [0.2, 0.25) is 0 Å². The fourth-order valence-corrected chi connectivity index (χ4v) is 15.1. The molecule has 0 atom stereocenters. The van der Waals surface area contributed by atoms with E-state index in [9.17, 15) is 0 Å². The predicted molar refractivity (Wildman–Crippen MR) is 402 cm³/mol. The van der Waals surface area contributed by atoms with Gasteiger partial charge in [-0.3, -0.25) is 0 Å². The van der Waals surface area contributed by atoms with E-state index in [0.717, 1.165) is 166 Å². The summed E-state index contributed by atoms with van der Waals surface area (Å²) in [5, 5.41) is 8.71. The number of nitrogens with zero attached hydrogens (tertiary/aromatic N) is 10. The van der Waals surface area contributed by atoms with Crippen LogP contribution in [0.15, 0.2) is 291 Å². The van der Waals surface area contributed by atoms with Crippen LogP contribution in [0.5, 0.6) is 0 Å². The maximum atomic E-state index is 6.01. The largest absolute Gasteiger partial charge is 0.306 e. The summed E-state index contributed by atoms with van der Waals surface area (Å²) in [7, 11) is 0. The molecule has 6 heterocycles. The predicted octanol–water partition coefficient (Wildman–Crippen LogP) is 21.7. The zero-order chi connectivity index (χ0) is 65.3. The Balaban J connectivity index is 1.20. The number of hydrogen-bond donors (Lipinski definition) is 0. The highest BCUT2D eigenvalue weighted by Crippen LogP contribution is 2.54. The highest BCUT2D eigenvalue weighted by molar-refractivity contribution is 6.18. The summed E-state index contributed by atoms with van der Waals surface area (Å²) in [6, 6.07) is 104. The van der Waals surface area contributed by atoms with E-state index >= 15 is 0 Å². The smallest absolute Gasteiger partial charge is 0.168 e. The summed E-state index contributed by atoms with van der Waals surface area (Å²) in [6.07, 6.45) is 0. The third-order valence-corrected chi connectivity index (χ3v) is 19.4. The van der Waals surface area contributed by atoms with Crippen LogP contribution in [0.3, 0.4) is 0 Å². The normalized spacial score (nSPS) is 11.9. The first kappa shape index (κ1) is 56.6. The van der Waals surface area contributed by atoms with Crippen LogP contribution in [0, 0.1) is 27.7 Å².